The second-order valence-electron chi connectivity index (χ2n) is 4.63. The zero-order valence-electron chi connectivity index (χ0n) is 10.7. The van der Waals surface area contributed by atoms with Gasteiger partial charge in [0.2, 0.25) is 0 Å². The molecule has 0 saturated carbocycles. The molecule has 0 fully saturated rings. The Hall–Kier alpha value is -1.99. The molecule has 1 atom stereocenters. The molecule has 1 aliphatic rings. The number of hydrogen-bond donors (Lipinski definition) is 2. The van der Waals surface area contributed by atoms with Crippen LogP contribution in [0.15, 0.2) is 41.8 Å². The van der Waals surface area contributed by atoms with Gasteiger partial charge in [-0.2, -0.15) is 15.4 Å². The fourth-order valence-corrected chi connectivity index (χ4v) is 3.40. The van der Waals surface area contributed by atoms with E-state index in [0.29, 0.717) is 6.54 Å². The highest BCUT2D eigenvalue weighted by Crippen LogP contribution is 2.19. The van der Waals surface area contributed by atoms with Crippen molar-refractivity contribution in [2.45, 2.75) is 12.6 Å². The molecule has 2 N–H and O–H groups in total. The Morgan fingerprint density at radius 3 is 2.75 bits per heavy atom. The molecule has 1 unspecified atom stereocenters. The SMILES string of the molecule is O=S1(=O)C=CC(NCc2n[nH]nc2-c2ccccc2)C1. The van der Waals surface area contributed by atoms with Gasteiger partial charge in [0.05, 0.1) is 5.75 Å². The third-order valence-corrected chi connectivity index (χ3v) is 4.52. The number of aromatic amines is 1. The summed E-state index contributed by atoms with van der Waals surface area (Å²) in [5, 5.41) is 15.3. The molecule has 7 heteroatoms. The van der Waals surface area contributed by atoms with Crippen molar-refractivity contribution in [3.8, 4) is 11.3 Å². The predicted molar refractivity (Wildman–Crippen MR) is 75.4 cm³/mol. The molecule has 0 radical (unpaired) electrons. The molecule has 0 amide bonds. The number of rotatable bonds is 4. The minimum atomic E-state index is -3.04. The molecular weight excluding hydrogens is 276 g/mol. The first-order chi connectivity index (χ1) is 9.64. The highest BCUT2D eigenvalue weighted by atomic mass is 32.2. The third-order valence-electron chi connectivity index (χ3n) is 3.13. The van der Waals surface area contributed by atoms with Gasteiger partial charge in [-0.25, -0.2) is 8.42 Å². The average Bonchev–Trinajstić information content (AvgIpc) is 3.03. The Morgan fingerprint density at radius 1 is 1.25 bits per heavy atom. The van der Waals surface area contributed by atoms with Crippen molar-refractivity contribution in [1.82, 2.24) is 20.7 Å². The normalized spacial score (nSPS) is 20.3. The van der Waals surface area contributed by atoms with Crippen LogP contribution in [0.2, 0.25) is 0 Å². The monoisotopic (exact) mass is 290 g/mol. The molecule has 104 valence electrons. The van der Waals surface area contributed by atoms with Gasteiger partial charge in [0.15, 0.2) is 9.84 Å². The molecule has 0 bridgehead atoms. The van der Waals surface area contributed by atoms with Crippen LogP contribution in [0.5, 0.6) is 0 Å². The number of aromatic nitrogens is 3. The van der Waals surface area contributed by atoms with E-state index in [1.165, 1.54) is 5.41 Å². The van der Waals surface area contributed by atoms with E-state index in [-0.39, 0.29) is 11.8 Å². The van der Waals surface area contributed by atoms with Gasteiger partial charge < -0.3 is 5.32 Å². The van der Waals surface area contributed by atoms with Gasteiger partial charge in [-0.15, -0.1) is 0 Å². The van der Waals surface area contributed by atoms with E-state index in [1.54, 1.807) is 6.08 Å². The van der Waals surface area contributed by atoms with Gasteiger partial charge in [-0.1, -0.05) is 36.4 Å². The van der Waals surface area contributed by atoms with Gasteiger partial charge in [0, 0.05) is 23.6 Å². The highest BCUT2D eigenvalue weighted by Gasteiger charge is 2.21. The smallest absolute Gasteiger partial charge is 0.173 e. The van der Waals surface area contributed by atoms with E-state index in [1.807, 2.05) is 30.3 Å². The number of hydrogen-bond acceptors (Lipinski definition) is 5. The Bertz CT molecular complexity index is 722. The first kappa shape index (κ1) is 13.0. The lowest BCUT2D eigenvalue weighted by Gasteiger charge is -2.08. The maximum Gasteiger partial charge on any atom is 0.173 e. The quantitative estimate of drug-likeness (QED) is 0.872. The summed E-state index contributed by atoms with van der Waals surface area (Å²) in [7, 11) is -3.04. The van der Waals surface area contributed by atoms with E-state index >= 15 is 0 Å². The minimum absolute atomic E-state index is 0.103. The number of H-pyrrole nitrogens is 1. The topological polar surface area (TPSA) is 87.7 Å². The van der Waals surface area contributed by atoms with Crippen LogP contribution in [0.4, 0.5) is 0 Å². The molecular formula is C13H14N4O2S. The van der Waals surface area contributed by atoms with Crippen LogP contribution in [0, 0.1) is 0 Å². The predicted octanol–water partition coefficient (Wildman–Crippen LogP) is 0.872. The first-order valence-corrected chi connectivity index (χ1v) is 7.95. The standard InChI is InChI=1S/C13H14N4O2S/c18-20(19)7-6-11(9-20)14-8-12-13(16-17-15-12)10-4-2-1-3-5-10/h1-7,11,14H,8-9H2,(H,15,16,17). The van der Waals surface area contributed by atoms with E-state index in [2.05, 4.69) is 20.7 Å². The van der Waals surface area contributed by atoms with Crippen LogP contribution in [-0.2, 0) is 16.4 Å². The van der Waals surface area contributed by atoms with Gasteiger partial charge >= 0.3 is 0 Å². The number of sulfone groups is 1. The Labute approximate surface area is 116 Å². The van der Waals surface area contributed by atoms with Crippen molar-refractivity contribution < 1.29 is 8.42 Å². The van der Waals surface area contributed by atoms with Crippen LogP contribution >= 0.6 is 0 Å². The maximum atomic E-state index is 11.3. The summed E-state index contributed by atoms with van der Waals surface area (Å²) in [6.45, 7) is 0.464. The van der Waals surface area contributed by atoms with Crippen molar-refractivity contribution in [3.63, 3.8) is 0 Å². The summed E-state index contributed by atoms with van der Waals surface area (Å²) >= 11 is 0. The Morgan fingerprint density at radius 2 is 2.05 bits per heavy atom. The molecule has 20 heavy (non-hydrogen) atoms. The molecule has 0 aliphatic carbocycles. The van der Waals surface area contributed by atoms with Gasteiger partial charge in [0.1, 0.15) is 11.4 Å². The first-order valence-electron chi connectivity index (χ1n) is 6.23. The summed E-state index contributed by atoms with van der Waals surface area (Å²) in [5.41, 5.74) is 2.53. The molecule has 1 aromatic carbocycles. The van der Waals surface area contributed by atoms with Crippen molar-refractivity contribution >= 4 is 9.84 Å². The molecule has 1 aliphatic heterocycles. The number of nitrogens with one attached hydrogen (secondary N) is 2. The molecule has 2 aromatic rings. The summed E-state index contributed by atoms with van der Waals surface area (Å²) in [6, 6.07) is 9.57. The van der Waals surface area contributed by atoms with Crippen molar-refractivity contribution in [2.75, 3.05) is 5.75 Å². The van der Waals surface area contributed by atoms with Crippen LogP contribution < -0.4 is 5.32 Å². The zero-order chi connectivity index (χ0) is 14.0. The second-order valence-corrected chi connectivity index (χ2v) is 6.56. The molecule has 0 spiro atoms. The lowest BCUT2D eigenvalue weighted by Crippen LogP contribution is -2.29. The van der Waals surface area contributed by atoms with Crippen molar-refractivity contribution in [3.05, 3.63) is 47.5 Å². The van der Waals surface area contributed by atoms with Gasteiger partial charge in [-0.05, 0) is 0 Å². The van der Waals surface area contributed by atoms with Crippen molar-refractivity contribution in [2.24, 2.45) is 0 Å². The fourth-order valence-electron chi connectivity index (χ4n) is 2.13. The average molecular weight is 290 g/mol. The molecule has 2 heterocycles. The van der Waals surface area contributed by atoms with Gasteiger partial charge in [0.25, 0.3) is 0 Å². The second kappa shape index (κ2) is 5.18. The van der Waals surface area contributed by atoms with Crippen LogP contribution in [0.3, 0.4) is 0 Å². The minimum Gasteiger partial charge on any atom is -0.304 e. The van der Waals surface area contributed by atoms with Gasteiger partial charge in [-0.3, -0.25) is 0 Å². The lowest BCUT2D eigenvalue weighted by molar-refractivity contribution is 0.588. The van der Waals surface area contributed by atoms with E-state index in [4.69, 9.17) is 0 Å². The highest BCUT2D eigenvalue weighted by molar-refractivity contribution is 7.94. The Kier molecular flexibility index (Phi) is 3.37. The Balaban J connectivity index is 1.71. The summed E-state index contributed by atoms with van der Waals surface area (Å²) < 4.78 is 22.7. The lowest BCUT2D eigenvalue weighted by atomic mass is 10.1. The molecule has 0 saturated heterocycles. The number of benzene rings is 1. The molecule has 6 nitrogen and oxygen atoms in total. The maximum absolute atomic E-state index is 11.3. The fraction of sp³-hybridized carbons (Fsp3) is 0.231. The van der Waals surface area contributed by atoms with E-state index < -0.39 is 9.84 Å². The summed E-state index contributed by atoms with van der Waals surface area (Å²) in [6.07, 6.45) is 1.66. The zero-order valence-corrected chi connectivity index (χ0v) is 11.5. The summed E-state index contributed by atoms with van der Waals surface area (Å²) in [4.78, 5) is 0. The molecule has 1 aromatic heterocycles. The number of nitrogens with zero attached hydrogens (tertiary/aromatic N) is 2. The van der Waals surface area contributed by atoms with Crippen LogP contribution in [0.1, 0.15) is 5.69 Å². The molecule has 3 rings (SSSR count). The summed E-state index contributed by atoms with van der Waals surface area (Å²) in [5.74, 6) is 0.103. The van der Waals surface area contributed by atoms with E-state index in [9.17, 15) is 8.42 Å². The largest absolute Gasteiger partial charge is 0.304 e. The van der Waals surface area contributed by atoms with Crippen LogP contribution in [0.25, 0.3) is 11.3 Å². The van der Waals surface area contributed by atoms with Crippen LogP contribution in [-0.4, -0.2) is 35.6 Å². The third kappa shape index (κ3) is 2.78. The van der Waals surface area contributed by atoms with Crippen molar-refractivity contribution in [1.29, 1.82) is 0 Å². The van der Waals surface area contributed by atoms with E-state index in [0.717, 1.165) is 17.0 Å².